The molecule has 130 valence electrons. The van der Waals surface area contributed by atoms with E-state index in [-0.39, 0.29) is 23.5 Å². The van der Waals surface area contributed by atoms with E-state index in [1.807, 2.05) is 0 Å². The number of anilines is 1. The zero-order valence-electron chi connectivity index (χ0n) is 13.5. The molecule has 0 bridgehead atoms. The second-order valence-electron chi connectivity index (χ2n) is 6.18. The number of hydroxylamine groups is 2. The summed E-state index contributed by atoms with van der Waals surface area (Å²) in [5.41, 5.74) is 0.148. The topological polar surface area (TPSA) is 61.9 Å². The molecule has 2 heterocycles. The number of nitrogens with zero attached hydrogens (tertiary/aromatic N) is 2. The van der Waals surface area contributed by atoms with E-state index in [2.05, 4.69) is 5.32 Å². The Labute approximate surface area is 140 Å². The van der Waals surface area contributed by atoms with Gasteiger partial charge >= 0.3 is 6.03 Å². The second kappa shape index (κ2) is 7.61. The Kier molecular flexibility index (Phi) is 5.30. The van der Waals surface area contributed by atoms with E-state index in [0.29, 0.717) is 26.2 Å². The number of halogens is 1. The third-order valence-corrected chi connectivity index (χ3v) is 4.42. The van der Waals surface area contributed by atoms with Crippen LogP contribution in [0.1, 0.15) is 25.7 Å². The first kappa shape index (κ1) is 16.7. The Morgan fingerprint density at radius 3 is 2.75 bits per heavy atom. The molecule has 0 unspecified atom stereocenters. The van der Waals surface area contributed by atoms with Gasteiger partial charge in [0, 0.05) is 19.6 Å². The molecule has 3 rings (SSSR count). The van der Waals surface area contributed by atoms with Crippen LogP contribution in [-0.2, 0) is 9.63 Å². The predicted octanol–water partition coefficient (Wildman–Crippen LogP) is 2.62. The molecule has 0 spiro atoms. The normalized spacial score (nSPS) is 21.5. The molecule has 2 aliphatic rings. The highest BCUT2D eigenvalue weighted by Gasteiger charge is 2.32. The number of likely N-dealkylation sites (tertiary alicyclic amines) is 1. The van der Waals surface area contributed by atoms with E-state index in [1.54, 1.807) is 17.0 Å². The third kappa shape index (κ3) is 3.84. The number of carbonyl (C=O) groups excluding carboxylic acids is 2. The molecule has 24 heavy (non-hydrogen) atoms. The van der Waals surface area contributed by atoms with Crippen molar-refractivity contribution in [2.75, 3.05) is 31.6 Å². The first-order valence-corrected chi connectivity index (χ1v) is 8.40. The Bertz CT molecular complexity index is 604. The fourth-order valence-electron chi connectivity index (χ4n) is 3.09. The van der Waals surface area contributed by atoms with Gasteiger partial charge in [0.05, 0.1) is 18.2 Å². The SMILES string of the molecule is O=C(Nc1ccccc1F)N1CCC[C@@H](C(=O)N2CCCCO2)C1. The zero-order valence-corrected chi connectivity index (χ0v) is 13.5. The highest BCUT2D eigenvalue weighted by Crippen LogP contribution is 2.22. The van der Waals surface area contributed by atoms with Crippen molar-refractivity contribution in [3.63, 3.8) is 0 Å². The smallest absolute Gasteiger partial charge is 0.321 e. The van der Waals surface area contributed by atoms with Crippen molar-refractivity contribution >= 4 is 17.6 Å². The number of carbonyl (C=O) groups is 2. The van der Waals surface area contributed by atoms with Crippen molar-refractivity contribution in [2.24, 2.45) is 5.92 Å². The maximum absolute atomic E-state index is 13.7. The summed E-state index contributed by atoms with van der Waals surface area (Å²) in [6.45, 7) is 2.07. The molecule has 1 atom stereocenters. The van der Waals surface area contributed by atoms with E-state index in [0.717, 1.165) is 25.7 Å². The van der Waals surface area contributed by atoms with Gasteiger partial charge in [-0.2, -0.15) is 0 Å². The first-order valence-electron chi connectivity index (χ1n) is 8.40. The molecule has 7 heteroatoms. The predicted molar refractivity (Wildman–Crippen MR) is 86.6 cm³/mol. The van der Waals surface area contributed by atoms with Crippen molar-refractivity contribution in [2.45, 2.75) is 25.7 Å². The molecule has 2 saturated heterocycles. The number of rotatable bonds is 2. The third-order valence-electron chi connectivity index (χ3n) is 4.42. The van der Waals surface area contributed by atoms with Crippen molar-refractivity contribution in [1.29, 1.82) is 0 Å². The van der Waals surface area contributed by atoms with E-state index in [9.17, 15) is 14.0 Å². The molecule has 1 N–H and O–H groups in total. The number of amides is 3. The fraction of sp³-hybridized carbons (Fsp3) is 0.529. The monoisotopic (exact) mass is 335 g/mol. The van der Waals surface area contributed by atoms with Crippen molar-refractivity contribution in [1.82, 2.24) is 9.96 Å². The molecule has 2 aliphatic heterocycles. The van der Waals surface area contributed by atoms with Crippen molar-refractivity contribution in [3.05, 3.63) is 30.1 Å². The Balaban J connectivity index is 1.59. The minimum Gasteiger partial charge on any atom is -0.324 e. The van der Waals surface area contributed by atoms with Gasteiger partial charge in [0.2, 0.25) is 0 Å². The lowest BCUT2D eigenvalue weighted by Gasteiger charge is -2.35. The van der Waals surface area contributed by atoms with Crippen LogP contribution in [0.25, 0.3) is 0 Å². The lowest BCUT2D eigenvalue weighted by molar-refractivity contribution is -0.202. The van der Waals surface area contributed by atoms with Crippen LogP contribution in [0.3, 0.4) is 0 Å². The number of benzene rings is 1. The van der Waals surface area contributed by atoms with Crippen LogP contribution in [-0.4, -0.2) is 48.1 Å². The highest BCUT2D eigenvalue weighted by atomic mass is 19.1. The summed E-state index contributed by atoms with van der Waals surface area (Å²) in [5.74, 6) is -0.793. The molecule has 0 aliphatic carbocycles. The molecule has 6 nitrogen and oxygen atoms in total. The van der Waals surface area contributed by atoms with Crippen LogP contribution < -0.4 is 5.32 Å². The maximum Gasteiger partial charge on any atom is 0.321 e. The molecule has 0 aromatic heterocycles. The largest absolute Gasteiger partial charge is 0.324 e. The number of hydrogen-bond acceptors (Lipinski definition) is 3. The zero-order chi connectivity index (χ0) is 16.9. The van der Waals surface area contributed by atoms with Gasteiger partial charge in [-0.15, -0.1) is 0 Å². The Morgan fingerprint density at radius 1 is 1.17 bits per heavy atom. The lowest BCUT2D eigenvalue weighted by Crippen LogP contribution is -2.48. The molecule has 3 amide bonds. The van der Waals surface area contributed by atoms with Gasteiger partial charge in [-0.05, 0) is 37.8 Å². The summed E-state index contributed by atoms with van der Waals surface area (Å²) in [6, 6.07) is 5.67. The average molecular weight is 335 g/mol. The number of para-hydroxylation sites is 1. The van der Waals surface area contributed by atoms with Crippen LogP contribution in [0.15, 0.2) is 24.3 Å². The first-order chi connectivity index (χ1) is 11.6. The number of urea groups is 1. The van der Waals surface area contributed by atoms with Crippen molar-refractivity contribution in [3.8, 4) is 0 Å². The minimum absolute atomic E-state index is 0.0573. The van der Waals surface area contributed by atoms with Gasteiger partial charge in [-0.1, -0.05) is 12.1 Å². The van der Waals surface area contributed by atoms with Crippen LogP contribution >= 0.6 is 0 Å². The number of hydrogen-bond donors (Lipinski definition) is 1. The summed E-state index contributed by atoms with van der Waals surface area (Å²) in [7, 11) is 0. The number of nitrogens with one attached hydrogen (secondary N) is 1. The summed E-state index contributed by atoms with van der Waals surface area (Å²) >= 11 is 0. The summed E-state index contributed by atoms with van der Waals surface area (Å²) in [6.07, 6.45) is 3.39. The standard InChI is InChI=1S/C17H22FN3O3/c18-14-7-1-2-8-15(14)19-17(23)20-9-5-6-13(12-20)16(22)21-10-3-4-11-24-21/h1-2,7-8,13H,3-6,9-12H2,(H,19,23)/t13-/m1/s1. The fourth-order valence-corrected chi connectivity index (χ4v) is 3.09. The Morgan fingerprint density at radius 2 is 2.00 bits per heavy atom. The summed E-state index contributed by atoms with van der Waals surface area (Å²) in [4.78, 5) is 31.9. The molecular formula is C17H22FN3O3. The van der Waals surface area contributed by atoms with Gasteiger partial charge in [-0.3, -0.25) is 9.63 Å². The van der Waals surface area contributed by atoms with Gasteiger partial charge in [0.15, 0.2) is 0 Å². The van der Waals surface area contributed by atoms with Crippen LogP contribution in [0.4, 0.5) is 14.9 Å². The second-order valence-corrected chi connectivity index (χ2v) is 6.18. The summed E-state index contributed by atoms with van der Waals surface area (Å²) in [5, 5.41) is 4.01. The molecule has 1 aromatic rings. The summed E-state index contributed by atoms with van der Waals surface area (Å²) < 4.78 is 13.7. The van der Waals surface area contributed by atoms with Crippen LogP contribution in [0.5, 0.6) is 0 Å². The lowest BCUT2D eigenvalue weighted by atomic mass is 9.97. The van der Waals surface area contributed by atoms with Crippen LogP contribution in [0, 0.1) is 11.7 Å². The van der Waals surface area contributed by atoms with Gasteiger partial charge in [0.1, 0.15) is 5.82 Å². The quantitative estimate of drug-likeness (QED) is 0.904. The average Bonchev–Trinajstić information content (AvgIpc) is 2.64. The van der Waals surface area contributed by atoms with E-state index in [4.69, 9.17) is 4.84 Å². The maximum atomic E-state index is 13.7. The molecule has 0 radical (unpaired) electrons. The molecular weight excluding hydrogens is 313 g/mol. The minimum atomic E-state index is -0.475. The Hall–Kier alpha value is -2.15. The van der Waals surface area contributed by atoms with Gasteiger partial charge < -0.3 is 10.2 Å². The van der Waals surface area contributed by atoms with E-state index >= 15 is 0 Å². The van der Waals surface area contributed by atoms with E-state index < -0.39 is 5.82 Å². The van der Waals surface area contributed by atoms with Gasteiger partial charge in [0.25, 0.3) is 5.91 Å². The van der Waals surface area contributed by atoms with Crippen molar-refractivity contribution < 1.29 is 18.8 Å². The van der Waals surface area contributed by atoms with Crippen LogP contribution in [0.2, 0.25) is 0 Å². The number of piperidine rings is 1. The highest BCUT2D eigenvalue weighted by molar-refractivity contribution is 5.90. The van der Waals surface area contributed by atoms with E-state index in [1.165, 1.54) is 17.2 Å². The molecule has 2 fully saturated rings. The van der Waals surface area contributed by atoms with Gasteiger partial charge in [-0.25, -0.2) is 14.2 Å². The molecule has 1 aromatic carbocycles. The molecule has 0 saturated carbocycles.